The lowest BCUT2D eigenvalue weighted by molar-refractivity contribution is -0.123. The number of nitrogens with two attached hydrogens (primary N) is 1. The first-order valence-corrected chi connectivity index (χ1v) is 21.8. The molecule has 5 N–H and O–H groups in total. The maximum Gasteiger partial charge on any atom is 0.472 e. The van der Waals surface area contributed by atoms with Gasteiger partial charge in [0.15, 0.2) is 0 Å². The van der Waals surface area contributed by atoms with Gasteiger partial charge in [-0.05, 0) is 38.5 Å². The van der Waals surface area contributed by atoms with Gasteiger partial charge in [0.25, 0.3) is 0 Å². The SMILES string of the molecule is CCCCCCCCC/C=C\CCCCCCCCCC(=O)NC(COP(=O)(O)OCCN)C(O)CCCCCCCCCCCCC. The van der Waals surface area contributed by atoms with E-state index in [2.05, 4.69) is 31.3 Å². The fraction of sp³-hybridized carbons (Fsp3) is 0.923. The summed E-state index contributed by atoms with van der Waals surface area (Å²) in [5.74, 6) is -0.166. The monoisotopic (exact) mass is 703 g/mol. The van der Waals surface area contributed by atoms with E-state index in [9.17, 15) is 19.4 Å². The van der Waals surface area contributed by atoms with Crippen molar-refractivity contribution in [3.63, 3.8) is 0 Å². The van der Waals surface area contributed by atoms with Gasteiger partial charge in [-0.3, -0.25) is 13.8 Å². The van der Waals surface area contributed by atoms with Crippen molar-refractivity contribution in [3.05, 3.63) is 12.2 Å². The Hall–Kier alpha value is -0.760. The Morgan fingerprint density at radius 1 is 0.667 bits per heavy atom. The lowest BCUT2D eigenvalue weighted by atomic mass is 10.0. The number of carbonyl (C=O) groups is 1. The first-order chi connectivity index (χ1) is 23.4. The summed E-state index contributed by atoms with van der Waals surface area (Å²) in [4.78, 5) is 22.6. The van der Waals surface area contributed by atoms with Crippen LogP contribution < -0.4 is 11.1 Å². The molecule has 0 aliphatic rings. The van der Waals surface area contributed by atoms with Gasteiger partial charge in [0, 0.05) is 13.0 Å². The van der Waals surface area contributed by atoms with Gasteiger partial charge in [0.1, 0.15) is 0 Å². The molecule has 0 spiro atoms. The molecule has 8 nitrogen and oxygen atoms in total. The predicted octanol–water partition coefficient (Wildman–Crippen LogP) is 10.8. The summed E-state index contributed by atoms with van der Waals surface area (Å²) in [5.41, 5.74) is 5.36. The van der Waals surface area contributed by atoms with Crippen molar-refractivity contribution in [1.29, 1.82) is 0 Å². The molecule has 48 heavy (non-hydrogen) atoms. The molecule has 0 radical (unpaired) electrons. The van der Waals surface area contributed by atoms with Crippen molar-refractivity contribution < 1.29 is 28.4 Å². The molecule has 286 valence electrons. The molecule has 0 saturated heterocycles. The molecule has 0 rings (SSSR count). The second-order valence-corrected chi connectivity index (χ2v) is 15.3. The summed E-state index contributed by atoms with van der Waals surface area (Å²) in [6.45, 7) is 4.19. The van der Waals surface area contributed by atoms with Crippen molar-refractivity contribution in [1.82, 2.24) is 5.32 Å². The third-order valence-electron chi connectivity index (χ3n) is 9.12. The van der Waals surface area contributed by atoms with E-state index < -0.39 is 20.0 Å². The second-order valence-electron chi connectivity index (χ2n) is 13.8. The van der Waals surface area contributed by atoms with E-state index in [4.69, 9.17) is 14.8 Å². The quantitative estimate of drug-likeness (QED) is 0.0286. The Morgan fingerprint density at radius 3 is 1.54 bits per heavy atom. The number of allylic oxidation sites excluding steroid dienone is 2. The molecule has 0 fully saturated rings. The standard InChI is InChI=1S/C39H79N2O6P/c1-3-5-7-9-11-13-15-16-17-18-19-20-21-23-25-27-29-31-33-39(43)41-37(36-47-48(44,45)46-35-34-40)38(42)32-30-28-26-24-22-14-12-10-8-6-4-2/h17-18,37-38,42H,3-16,19-36,40H2,1-2H3,(H,41,43)(H,44,45)/b18-17-. The highest BCUT2D eigenvalue weighted by Crippen LogP contribution is 2.43. The van der Waals surface area contributed by atoms with Gasteiger partial charge in [-0.15, -0.1) is 0 Å². The molecular weight excluding hydrogens is 623 g/mol. The molecule has 0 saturated carbocycles. The van der Waals surface area contributed by atoms with Crippen LogP contribution in [0.4, 0.5) is 0 Å². The zero-order valence-corrected chi connectivity index (χ0v) is 32.4. The number of aliphatic hydroxyl groups is 1. The van der Waals surface area contributed by atoms with E-state index in [1.807, 2.05) is 0 Å². The van der Waals surface area contributed by atoms with Crippen LogP contribution in [0.3, 0.4) is 0 Å². The fourth-order valence-corrected chi connectivity index (χ4v) is 6.77. The molecule has 0 aromatic heterocycles. The van der Waals surface area contributed by atoms with Crippen molar-refractivity contribution in [3.8, 4) is 0 Å². The van der Waals surface area contributed by atoms with Gasteiger partial charge in [0.05, 0.1) is 25.4 Å². The van der Waals surface area contributed by atoms with Crippen LogP contribution in [-0.2, 0) is 18.4 Å². The molecule has 9 heteroatoms. The first-order valence-electron chi connectivity index (χ1n) is 20.3. The zero-order valence-electron chi connectivity index (χ0n) is 31.5. The van der Waals surface area contributed by atoms with Crippen LogP contribution in [0.5, 0.6) is 0 Å². The van der Waals surface area contributed by atoms with Crippen LogP contribution in [-0.4, -0.2) is 47.8 Å². The minimum atomic E-state index is -4.31. The Balaban J connectivity index is 4.15. The molecule has 3 unspecified atom stereocenters. The Kier molecular flexibility index (Phi) is 35.5. The average molecular weight is 703 g/mol. The summed E-state index contributed by atoms with van der Waals surface area (Å²) in [7, 11) is -4.31. The number of rotatable bonds is 38. The van der Waals surface area contributed by atoms with E-state index >= 15 is 0 Å². The van der Waals surface area contributed by atoms with Gasteiger partial charge in [-0.2, -0.15) is 0 Å². The highest BCUT2D eigenvalue weighted by molar-refractivity contribution is 7.47. The van der Waals surface area contributed by atoms with Gasteiger partial charge >= 0.3 is 7.82 Å². The van der Waals surface area contributed by atoms with Crippen molar-refractivity contribution in [2.24, 2.45) is 5.73 Å². The minimum Gasteiger partial charge on any atom is -0.391 e. The maximum atomic E-state index is 12.7. The van der Waals surface area contributed by atoms with Crippen LogP contribution in [0.2, 0.25) is 0 Å². The molecular formula is C39H79N2O6P. The van der Waals surface area contributed by atoms with Crippen LogP contribution >= 0.6 is 7.82 Å². The molecule has 3 atom stereocenters. The molecule has 0 aromatic rings. The summed E-state index contributed by atoms with van der Waals surface area (Å²) in [6, 6.07) is -0.771. The van der Waals surface area contributed by atoms with Crippen LogP contribution in [0, 0.1) is 0 Å². The normalized spacial score (nSPS) is 14.4. The molecule has 1 amide bonds. The van der Waals surface area contributed by atoms with Gasteiger partial charge in [0.2, 0.25) is 5.91 Å². The van der Waals surface area contributed by atoms with E-state index in [0.717, 1.165) is 38.5 Å². The summed E-state index contributed by atoms with van der Waals surface area (Å²) >= 11 is 0. The largest absolute Gasteiger partial charge is 0.472 e. The van der Waals surface area contributed by atoms with E-state index in [0.29, 0.717) is 12.8 Å². The number of carbonyl (C=O) groups excluding carboxylic acids is 1. The number of hydrogen-bond donors (Lipinski definition) is 4. The lowest BCUT2D eigenvalue weighted by Gasteiger charge is -2.25. The van der Waals surface area contributed by atoms with Crippen LogP contribution in [0.1, 0.15) is 200 Å². The highest BCUT2D eigenvalue weighted by Gasteiger charge is 2.27. The molecule has 0 bridgehead atoms. The number of aliphatic hydroxyl groups excluding tert-OH is 1. The predicted molar refractivity (Wildman–Crippen MR) is 203 cm³/mol. The van der Waals surface area contributed by atoms with Crippen molar-refractivity contribution >= 4 is 13.7 Å². The van der Waals surface area contributed by atoms with Crippen molar-refractivity contribution in [2.75, 3.05) is 19.8 Å². The summed E-state index contributed by atoms with van der Waals surface area (Å²) < 4.78 is 22.1. The number of phosphoric acid groups is 1. The number of phosphoric ester groups is 1. The van der Waals surface area contributed by atoms with E-state index in [1.54, 1.807) is 0 Å². The Morgan fingerprint density at radius 2 is 1.08 bits per heavy atom. The van der Waals surface area contributed by atoms with Gasteiger partial charge in [-0.1, -0.05) is 167 Å². The molecule has 0 heterocycles. The van der Waals surface area contributed by atoms with Crippen molar-refractivity contribution in [2.45, 2.75) is 212 Å². The second kappa shape index (κ2) is 36.0. The third kappa shape index (κ3) is 33.7. The number of nitrogens with one attached hydrogen (secondary N) is 1. The Labute approximate surface area is 296 Å². The minimum absolute atomic E-state index is 0.0896. The van der Waals surface area contributed by atoms with E-state index in [-0.39, 0.29) is 25.7 Å². The van der Waals surface area contributed by atoms with Crippen LogP contribution in [0.15, 0.2) is 12.2 Å². The molecule has 0 aliphatic carbocycles. The number of amides is 1. The molecule has 0 aliphatic heterocycles. The first kappa shape index (κ1) is 47.2. The van der Waals surface area contributed by atoms with Gasteiger partial charge < -0.3 is 21.1 Å². The fourth-order valence-electron chi connectivity index (χ4n) is 6.01. The third-order valence-corrected chi connectivity index (χ3v) is 10.1. The average Bonchev–Trinajstić information content (AvgIpc) is 3.07. The number of unbranched alkanes of at least 4 members (excludes halogenated alkanes) is 24. The maximum absolute atomic E-state index is 12.7. The zero-order chi connectivity index (χ0) is 35.4. The number of hydrogen-bond acceptors (Lipinski definition) is 6. The topological polar surface area (TPSA) is 131 Å². The summed E-state index contributed by atoms with van der Waals surface area (Å²) in [5, 5.41) is 13.7. The van der Waals surface area contributed by atoms with Crippen LogP contribution in [0.25, 0.3) is 0 Å². The smallest absolute Gasteiger partial charge is 0.391 e. The van der Waals surface area contributed by atoms with Gasteiger partial charge in [-0.25, -0.2) is 4.57 Å². The highest BCUT2D eigenvalue weighted by atomic mass is 31.2. The molecule has 0 aromatic carbocycles. The lowest BCUT2D eigenvalue weighted by Crippen LogP contribution is -2.46. The Bertz CT molecular complexity index is 769. The summed E-state index contributed by atoms with van der Waals surface area (Å²) in [6.07, 6.45) is 37.9. The van der Waals surface area contributed by atoms with E-state index in [1.165, 1.54) is 135 Å².